The Balaban J connectivity index is 4.30. The second kappa shape index (κ2) is 7.31. The maximum atomic E-state index is 10.4. The number of hydrogen-bond donors (Lipinski definition) is 2. The lowest BCUT2D eigenvalue weighted by atomic mass is 10.1. The summed E-state index contributed by atoms with van der Waals surface area (Å²) in [4.78, 5) is 10.4. The molecule has 0 fully saturated rings. The van der Waals surface area contributed by atoms with Gasteiger partial charge < -0.3 is 5.11 Å². The number of thiol groups is 1. The van der Waals surface area contributed by atoms with E-state index in [1.807, 2.05) is 6.92 Å². The van der Waals surface area contributed by atoms with Gasteiger partial charge in [0.2, 0.25) is 0 Å². The zero-order valence-electron chi connectivity index (χ0n) is 8.77. The molecule has 0 spiro atoms. The zero-order chi connectivity index (χ0) is 11.9. The first-order valence-electron chi connectivity index (χ1n) is 4.58. The molecule has 0 saturated carbocycles. The van der Waals surface area contributed by atoms with Gasteiger partial charge in [-0.3, -0.25) is 4.79 Å². The number of aliphatic carboxylic acids is 1. The van der Waals surface area contributed by atoms with Crippen molar-refractivity contribution in [2.75, 3.05) is 0 Å². The van der Waals surface area contributed by atoms with Gasteiger partial charge in [0.15, 0.2) is 0 Å². The van der Waals surface area contributed by atoms with E-state index in [0.29, 0.717) is 6.42 Å². The number of nitriles is 1. The van der Waals surface area contributed by atoms with E-state index in [1.54, 1.807) is 6.92 Å². The molecular formula is C9H15NO2S3. The summed E-state index contributed by atoms with van der Waals surface area (Å²) >= 11 is 5.62. The van der Waals surface area contributed by atoms with Crippen molar-refractivity contribution in [3.8, 4) is 6.07 Å². The molecule has 0 radical (unpaired) electrons. The summed E-state index contributed by atoms with van der Waals surface area (Å²) in [5.74, 6) is -0.858. The lowest BCUT2D eigenvalue weighted by Gasteiger charge is -2.24. The molecule has 15 heavy (non-hydrogen) atoms. The molecule has 0 amide bonds. The van der Waals surface area contributed by atoms with Gasteiger partial charge in [0.05, 0.1) is 10.7 Å². The fourth-order valence-corrected chi connectivity index (χ4v) is 3.77. The molecule has 0 aliphatic heterocycles. The highest BCUT2D eigenvalue weighted by atomic mass is 33.1. The van der Waals surface area contributed by atoms with Crippen LogP contribution in [0.1, 0.15) is 33.1 Å². The Morgan fingerprint density at radius 3 is 2.67 bits per heavy atom. The van der Waals surface area contributed by atoms with E-state index in [1.165, 1.54) is 22.6 Å². The Morgan fingerprint density at radius 1 is 1.73 bits per heavy atom. The molecule has 6 heteroatoms. The van der Waals surface area contributed by atoms with Crippen molar-refractivity contribution in [1.82, 2.24) is 0 Å². The summed E-state index contributed by atoms with van der Waals surface area (Å²) in [6, 6.07) is 2.19. The van der Waals surface area contributed by atoms with Crippen molar-refractivity contribution < 1.29 is 9.90 Å². The minimum Gasteiger partial charge on any atom is -0.481 e. The predicted molar refractivity (Wildman–Crippen MR) is 69.1 cm³/mol. The summed E-state index contributed by atoms with van der Waals surface area (Å²) in [7, 11) is 1.41. The number of hydrogen-bond acceptors (Lipinski definition) is 5. The Kier molecular flexibility index (Phi) is 7.32. The third-order valence-corrected chi connectivity index (χ3v) is 5.64. The maximum Gasteiger partial charge on any atom is 0.303 e. The molecule has 0 bridgehead atoms. The second-order valence-corrected chi connectivity index (χ2v) is 6.71. The molecule has 3 nitrogen and oxygen atoms in total. The van der Waals surface area contributed by atoms with Crippen LogP contribution in [-0.2, 0) is 4.79 Å². The number of carboxylic acid groups (broad SMARTS) is 1. The summed E-state index contributed by atoms with van der Waals surface area (Å²) in [6.07, 6.45) is 1.31. The first kappa shape index (κ1) is 15.0. The number of carbonyl (C=O) groups is 1. The van der Waals surface area contributed by atoms with Crippen LogP contribution in [0.25, 0.3) is 0 Å². The third kappa shape index (κ3) is 6.23. The number of thioether (sulfide) groups is 1. The molecule has 0 aromatic carbocycles. The molecule has 0 aliphatic carbocycles. The Labute approximate surface area is 104 Å². The molecule has 0 rings (SSSR count). The van der Waals surface area contributed by atoms with E-state index >= 15 is 0 Å². The predicted octanol–water partition coefficient (Wildman–Crippen LogP) is 3.18. The smallest absolute Gasteiger partial charge is 0.303 e. The van der Waals surface area contributed by atoms with Gasteiger partial charge in [-0.05, 0) is 19.8 Å². The molecule has 0 heterocycles. The van der Waals surface area contributed by atoms with Crippen LogP contribution in [0.3, 0.4) is 0 Å². The topological polar surface area (TPSA) is 61.1 Å². The van der Waals surface area contributed by atoms with Crippen LogP contribution in [0.2, 0.25) is 0 Å². The Bertz CT molecular complexity index is 250. The molecule has 2 atom stereocenters. The van der Waals surface area contributed by atoms with Gasteiger partial charge in [0.25, 0.3) is 0 Å². The van der Waals surface area contributed by atoms with Crippen molar-refractivity contribution >= 4 is 40.2 Å². The van der Waals surface area contributed by atoms with Crippen LogP contribution >= 0.6 is 34.2 Å². The monoisotopic (exact) mass is 265 g/mol. The van der Waals surface area contributed by atoms with E-state index in [4.69, 9.17) is 10.4 Å². The lowest BCUT2D eigenvalue weighted by molar-refractivity contribution is -0.137. The molecule has 0 saturated heterocycles. The molecular weight excluding hydrogens is 250 g/mol. The van der Waals surface area contributed by atoms with Crippen LogP contribution in [0.15, 0.2) is 0 Å². The third-order valence-electron chi connectivity index (χ3n) is 1.89. The number of nitrogens with zero attached hydrogens (tertiary/aromatic N) is 1. The van der Waals surface area contributed by atoms with Gasteiger partial charge in [-0.15, -0.1) is 23.4 Å². The molecule has 0 aliphatic rings. The van der Waals surface area contributed by atoms with Crippen LogP contribution in [-0.4, -0.2) is 20.4 Å². The van der Waals surface area contributed by atoms with E-state index in [0.717, 1.165) is 6.42 Å². The van der Waals surface area contributed by atoms with Crippen molar-refractivity contribution in [1.29, 1.82) is 5.26 Å². The summed E-state index contributed by atoms with van der Waals surface area (Å²) in [5, 5.41) is 17.6. The van der Waals surface area contributed by atoms with Crippen molar-refractivity contribution in [3.63, 3.8) is 0 Å². The van der Waals surface area contributed by atoms with E-state index in [2.05, 4.69) is 17.7 Å². The van der Waals surface area contributed by atoms with Crippen molar-refractivity contribution in [2.24, 2.45) is 0 Å². The molecule has 2 unspecified atom stereocenters. The quantitative estimate of drug-likeness (QED) is 0.420. The molecule has 0 aromatic rings. The number of rotatable bonds is 7. The largest absolute Gasteiger partial charge is 0.481 e. The minimum atomic E-state index is -0.858. The highest BCUT2D eigenvalue weighted by molar-refractivity contribution is 8.70. The Hall–Kier alpha value is 0.01000. The van der Waals surface area contributed by atoms with Crippen LogP contribution in [0.5, 0.6) is 0 Å². The van der Waals surface area contributed by atoms with Crippen LogP contribution in [0, 0.1) is 11.3 Å². The lowest BCUT2D eigenvalue weighted by Crippen LogP contribution is -2.21. The van der Waals surface area contributed by atoms with Gasteiger partial charge in [0.1, 0.15) is 4.75 Å². The van der Waals surface area contributed by atoms with Gasteiger partial charge in [-0.25, -0.2) is 0 Å². The maximum absolute atomic E-state index is 10.4. The normalized spacial score (nSPS) is 16.4. The van der Waals surface area contributed by atoms with E-state index < -0.39 is 10.7 Å². The van der Waals surface area contributed by atoms with E-state index in [-0.39, 0.29) is 11.0 Å². The van der Waals surface area contributed by atoms with Gasteiger partial charge in [-0.2, -0.15) is 5.26 Å². The first-order valence-corrected chi connectivity index (χ1v) is 7.39. The zero-order valence-corrected chi connectivity index (χ0v) is 11.3. The molecule has 86 valence electrons. The highest BCUT2D eigenvalue weighted by Crippen LogP contribution is 2.40. The first-order chi connectivity index (χ1) is 6.97. The standard InChI is InChI=1S/C9H15NO2S3/c1-3-8(15-13)14-9(2,6-10)5-4-7(11)12/h8,13H,3-5H2,1-2H3,(H,11,12). The SMILES string of the molecule is CCC(SS)SC(C)(C#N)CCC(=O)O. The fourth-order valence-electron chi connectivity index (χ4n) is 0.956. The van der Waals surface area contributed by atoms with Gasteiger partial charge in [0, 0.05) is 6.42 Å². The van der Waals surface area contributed by atoms with Crippen LogP contribution in [0.4, 0.5) is 0 Å². The van der Waals surface area contributed by atoms with E-state index in [9.17, 15) is 4.79 Å². The van der Waals surface area contributed by atoms with Crippen molar-refractivity contribution in [2.45, 2.75) is 42.4 Å². The van der Waals surface area contributed by atoms with Crippen LogP contribution < -0.4 is 0 Å². The summed E-state index contributed by atoms with van der Waals surface area (Å²) < 4.78 is -0.402. The van der Waals surface area contributed by atoms with Gasteiger partial charge >= 0.3 is 5.97 Å². The van der Waals surface area contributed by atoms with Gasteiger partial charge in [-0.1, -0.05) is 17.7 Å². The highest BCUT2D eigenvalue weighted by Gasteiger charge is 2.28. The minimum absolute atomic E-state index is 0.0325. The number of carboxylic acids is 1. The average Bonchev–Trinajstić information content (AvgIpc) is 2.23. The average molecular weight is 265 g/mol. The van der Waals surface area contributed by atoms with Crippen molar-refractivity contribution in [3.05, 3.63) is 0 Å². The summed E-state index contributed by atoms with van der Waals surface area (Å²) in [5.41, 5.74) is 0. The fraction of sp³-hybridized carbons (Fsp3) is 0.778. The second-order valence-electron chi connectivity index (χ2n) is 3.30. The Morgan fingerprint density at radius 2 is 2.33 bits per heavy atom. The molecule has 1 N–H and O–H groups in total. The summed E-state index contributed by atoms with van der Waals surface area (Å²) in [6.45, 7) is 3.81. The molecule has 0 aromatic heterocycles.